The van der Waals surface area contributed by atoms with Gasteiger partial charge in [-0.25, -0.2) is 9.48 Å². The van der Waals surface area contributed by atoms with Crippen molar-refractivity contribution in [1.29, 1.82) is 0 Å². The minimum Gasteiger partial charge on any atom is -0.507 e. The minimum atomic E-state index is -0.557. The number of anilines is 1. The zero-order valence-corrected chi connectivity index (χ0v) is 18.6. The maximum Gasteiger partial charge on any atom is 0.337 e. The fourth-order valence-electron chi connectivity index (χ4n) is 3.61. The molecular formula is C25H20N4O6. The normalized spacial score (nSPS) is 12.1. The fraction of sp³-hybridized carbons (Fsp3) is 0.120. The lowest BCUT2D eigenvalue weighted by atomic mass is 10.1. The molecule has 0 radical (unpaired) electrons. The molecule has 0 spiro atoms. The van der Waals surface area contributed by atoms with E-state index in [9.17, 15) is 14.7 Å². The van der Waals surface area contributed by atoms with E-state index >= 15 is 0 Å². The van der Waals surface area contributed by atoms with E-state index in [0.29, 0.717) is 41.8 Å². The summed E-state index contributed by atoms with van der Waals surface area (Å²) in [5, 5.41) is 21.4. The number of esters is 1. The van der Waals surface area contributed by atoms with Crippen molar-refractivity contribution < 1.29 is 28.9 Å². The van der Waals surface area contributed by atoms with E-state index in [1.807, 2.05) is 18.2 Å². The van der Waals surface area contributed by atoms with Crippen LogP contribution in [-0.2, 0) is 4.74 Å². The van der Waals surface area contributed by atoms with Crippen LogP contribution in [0.2, 0.25) is 0 Å². The smallest absolute Gasteiger partial charge is 0.337 e. The zero-order valence-electron chi connectivity index (χ0n) is 18.6. The summed E-state index contributed by atoms with van der Waals surface area (Å²) in [6, 6.07) is 16.3. The van der Waals surface area contributed by atoms with Crippen LogP contribution in [0, 0.1) is 0 Å². The van der Waals surface area contributed by atoms with Gasteiger partial charge in [-0.2, -0.15) is 0 Å². The van der Waals surface area contributed by atoms with Crippen LogP contribution in [0.25, 0.3) is 16.9 Å². The first-order valence-corrected chi connectivity index (χ1v) is 10.7. The van der Waals surface area contributed by atoms with Gasteiger partial charge in [0.15, 0.2) is 11.5 Å². The molecule has 10 nitrogen and oxygen atoms in total. The first-order valence-electron chi connectivity index (χ1n) is 10.7. The van der Waals surface area contributed by atoms with Gasteiger partial charge in [0.05, 0.1) is 30.1 Å². The van der Waals surface area contributed by atoms with Gasteiger partial charge in [0, 0.05) is 11.3 Å². The molecule has 176 valence electrons. The second-order valence-corrected chi connectivity index (χ2v) is 7.63. The van der Waals surface area contributed by atoms with Crippen LogP contribution < -0.4 is 14.8 Å². The molecule has 1 aliphatic rings. The molecule has 0 saturated heterocycles. The van der Waals surface area contributed by atoms with Crippen LogP contribution in [0.15, 0.2) is 66.9 Å². The highest BCUT2D eigenvalue weighted by Crippen LogP contribution is 2.34. The molecule has 2 heterocycles. The van der Waals surface area contributed by atoms with Crippen LogP contribution >= 0.6 is 0 Å². The quantitative estimate of drug-likeness (QED) is 0.423. The number of aromatic nitrogens is 3. The molecule has 1 aliphatic heterocycles. The van der Waals surface area contributed by atoms with Gasteiger partial charge in [-0.3, -0.25) is 4.79 Å². The zero-order chi connectivity index (χ0) is 24.4. The average Bonchev–Trinajstić information content (AvgIpc) is 3.38. The molecule has 0 fully saturated rings. The van der Waals surface area contributed by atoms with Crippen molar-refractivity contribution in [3.63, 3.8) is 0 Å². The standard InChI is InChI=1S/C25H20N4O6/c1-33-25(32)16-3-2-4-17(11-16)26-24(31)19-13-18(6-7-21(19)30)29-14-20(27-28-29)15-5-8-22-23(12-15)35-10-9-34-22/h2-8,11-14,30H,9-10H2,1H3,(H,26,31). The minimum absolute atomic E-state index is 0.0300. The average molecular weight is 472 g/mol. The van der Waals surface area contributed by atoms with Crippen LogP contribution in [0.5, 0.6) is 17.2 Å². The van der Waals surface area contributed by atoms with Gasteiger partial charge in [-0.1, -0.05) is 11.3 Å². The molecular weight excluding hydrogens is 452 g/mol. The summed E-state index contributed by atoms with van der Waals surface area (Å²) in [5.74, 6) is 0.0360. The van der Waals surface area contributed by atoms with Crippen LogP contribution in [0.1, 0.15) is 20.7 Å². The summed E-state index contributed by atoms with van der Waals surface area (Å²) < 4.78 is 17.4. The topological polar surface area (TPSA) is 125 Å². The Labute approximate surface area is 199 Å². The Morgan fingerprint density at radius 2 is 1.86 bits per heavy atom. The third kappa shape index (κ3) is 4.49. The highest BCUT2D eigenvalue weighted by atomic mass is 16.6. The number of benzene rings is 3. The number of aromatic hydroxyl groups is 1. The van der Waals surface area contributed by atoms with Gasteiger partial charge in [-0.15, -0.1) is 5.10 Å². The predicted octanol–water partition coefficient (Wildman–Crippen LogP) is 3.45. The largest absolute Gasteiger partial charge is 0.507 e. The number of phenols is 1. The van der Waals surface area contributed by atoms with Crippen molar-refractivity contribution in [3.8, 4) is 34.2 Å². The van der Waals surface area contributed by atoms with Crippen molar-refractivity contribution in [3.05, 3.63) is 78.0 Å². The number of hydrogen-bond acceptors (Lipinski definition) is 8. The molecule has 5 rings (SSSR count). The second kappa shape index (κ2) is 9.18. The maximum absolute atomic E-state index is 12.9. The van der Waals surface area contributed by atoms with E-state index < -0.39 is 11.9 Å². The van der Waals surface area contributed by atoms with E-state index in [4.69, 9.17) is 14.2 Å². The van der Waals surface area contributed by atoms with Gasteiger partial charge >= 0.3 is 5.97 Å². The van der Waals surface area contributed by atoms with Gasteiger partial charge in [0.1, 0.15) is 24.7 Å². The number of ether oxygens (including phenoxy) is 3. The Morgan fingerprint density at radius 3 is 2.69 bits per heavy atom. The summed E-state index contributed by atoms with van der Waals surface area (Å²) in [6.45, 7) is 0.991. The molecule has 10 heteroatoms. The summed E-state index contributed by atoms with van der Waals surface area (Å²) in [4.78, 5) is 24.6. The number of hydrogen-bond donors (Lipinski definition) is 2. The number of carbonyl (C=O) groups is 2. The Kier molecular flexibility index (Phi) is 5.76. The molecule has 2 N–H and O–H groups in total. The lowest BCUT2D eigenvalue weighted by molar-refractivity contribution is 0.0600. The maximum atomic E-state index is 12.9. The number of carbonyl (C=O) groups excluding carboxylic acids is 2. The molecule has 0 saturated carbocycles. The van der Waals surface area contributed by atoms with Crippen LogP contribution in [0.4, 0.5) is 5.69 Å². The molecule has 1 amide bonds. The van der Waals surface area contributed by atoms with E-state index in [0.717, 1.165) is 5.56 Å². The van der Waals surface area contributed by atoms with Crippen molar-refractivity contribution in [2.24, 2.45) is 0 Å². The van der Waals surface area contributed by atoms with Crippen LogP contribution in [-0.4, -0.2) is 52.3 Å². The molecule has 0 bridgehead atoms. The number of nitrogens with zero attached hydrogens (tertiary/aromatic N) is 3. The molecule has 3 aromatic carbocycles. The third-order valence-corrected chi connectivity index (χ3v) is 5.36. The van der Waals surface area contributed by atoms with Crippen molar-refractivity contribution in [2.45, 2.75) is 0 Å². The summed E-state index contributed by atoms with van der Waals surface area (Å²) in [5.41, 5.74) is 2.61. The number of nitrogens with one attached hydrogen (secondary N) is 1. The summed E-state index contributed by atoms with van der Waals surface area (Å²) in [6.07, 6.45) is 1.71. The van der Waals surface area contributed by atoms with Crippen LogP contribution in [0.3, 0.4) is 0 Å². The molecule has 35 heavy (non-hydrogen) atoms. The SMILES string of the molecule is COC(=O)c1cccc(NC(=O)c2cc(-n3cc(-c4ccc5c(c4)OCCO5)nn3)ccc2O)c1. The number of phenolic OH excluding ortho intramolecular Hbond substituents is 1. The van der Waals surface area contributed by atoms with E-state index in [1.54, 1.807) is 30.5 Å². The lowest BCUT2D eigenvalue weighted by Crippen LogP contribution is -2.15. The molecule has 0 aliphatic carbocycles. The van der Waals surface area contributed by atoms with Crippen molar-refractivity contribution >= 4 is 17.6 Å². The van der Waals surface area contributed by atoms with Crippen molar-refractivity contribution in [1.82, 2.24) is 15.0 Å². The number of amides is 1. The monoisotopic (exact) mass is 472 g/mol. The summed E-state index contributed by atoms with van der Waals surface area (Å²) >= 11 is 0. The fourth-order valence-corrected chi connectivity index (χ4v) is 3.61. The number of fused-ring (bicyclic) bond motifs is 1. The molecule has 0 unspecified atom stereocenters. The van der Waals surface area contributed by atoms with E-state index in [2.05, 4.69) is 15.6 Å². The van der Waals surface area contributed by atoms with Gasteiger partial charge in [0.2, 0.25) is 0 Å². The first kappa shape index (κ1) is 22.0. The Morgan fingerprint density at radius 1 is 1.03 bits per heavy atom. The van der Waals surface area contributed by atoms with Gasteiger partial charge in [0.25, 0.3) is 5.91 Å². The third-order valence-electron chi connectivity index (χ3n) is 5.36. The Hall–Kier alpha value is -4.86. The van der Waals surface area contributed by atoms with Crippen molar-refractivity contribution in [2.75, 3.05) is 25.6 Å². The van der Waals surface area contributed by atoms with Gasteiger partial charge in [-0.05, 0) is 54.6 Å². The highest BCUT2D eigenvalue weighted by Gasteiger charge is 2.17. The Bertz CT molecular complexity index is 1430. The predicted molar refractivity (Wildman–Crippen MR) is 125 cm³/mol. The van der Waals surface area contributed by atoms with E-state index in [1.165, 1.54) is 30.0 Å². The summed E-state index contributed by atoms with van der Waals surface area (Å²) in [7, 11) is 1.28. The molecule has 4 aromatic rings. The van der Waals surface area contributed by atoms with E-state index in [-0.39, 0.29) is 16.9 Å². The Balaban J connectivity index is 1.39. The molecule has 0 atom stereocenters. The number of rotatable bonds is 5. The lowest BCUT2D eigenvalue weighted by Gasteiger charge is -2.18. The number of methoxy groups -OCH3 is 1. The highest BCUT2D eigenvalue weighted by molar-refractivity contribution is 6.07. The first-order chi connectivity index (χ1) is 17.0. The second-order valence-electron chi connectivity index (χ2n) is 7.63. The molecule has 1 aromatic heterocycles. The van der Waals surface area contributed by atoms with Gasteiger partial charge < -0.3 is 24.6 Å².